The van der Waals surface area contributed by atoms with Crippen LogP contribution in [0.2, 0.25) is 0 Å². The molecule has 0 bridgehead atoms. The zero-order valence-corrected chi connectivity index (χ0v) is 10.2. The van der Waals surface area contributed by atoms with E-state index < -0.39 is 0 Å². The van der Waals surface area contributed by atoms with Gasteiger partial charge in [0.25, 0.3) is 5.91 Å². The van der Waals surface area contributed by atoms with Crippen LogP contribution < -0.4 is 11.1 Å². The van der Waals surface area contributed by atoms with Gasteiger partial charge in [0, 0.05) is 22.8 Å². The smallest absolute Gasteiger partial charge is 0.253 e. The Balaban J connectivity index is 2.28. The van der Waals surface area contributed by atoms with E-state index in [4.69, 9.17) is 10.8 Å². The third kappa shape index (κ3) is 2.31. The molecule has 0 saturated carbocycles. The number of fused-ring (bicyclic) bond motifs is 1. The van der Waals surface area contributed by atoms with Gasteiger partial charge in [0.15, 0.2) is 0 Å². The van der Waals surface area contributed by atoms with E-state index in [-0.39, 0.29) is 18.6 Å². The largest absolute Gasteiger partial charge is 0.399 e. The number of amides is 1. The van der Waals surface area contributed by atoms with Crippen LogP contribution in [-0.2, 0) is 0 Å². The van der Waals surface area contributed by atoms with Crippen molar-refractivity contribution in [2.45, 2.75) is 19.4 Å². The van der Waals surface area contributed by atoms with Gasteiger partial charge in [0.05, 0.1) is 18.2 Å². The van der Waals surface area contributed by atoms with Gasteiger partial charge in [-0.2, -0.15) is 0 Å². The Kier molecular flexibility index (Phi) is 3.53. The number of aliphatic hydroxyl groups is 1. The minimum atomic E-state index is -0.212. The zero-order chi connectivity index (χ0) is 13.1. The quantitative estimate of drug-likeness (QED) is 0.613. The molecule has 1 amide bonds. The molecule has 0 spiro atoms. The number of carbonyl (C=O) groups is 1. The van der Waals surface area contributed by atoms with Crippen LogP contribution in [0.25, 0.3) is 10.9 Å². The number of aliphatic hydroxyl groups excluding tert-OH is 1. The van der Waals surface area contributed by atoms with Crippen LogP contribution in [0, 0.1) is 0 Å². The Morgan fingerprint density at radius 2 is 2.33 bits per heavy atom. The van der Waals surface area contributed by atoms with E-state index in [1.165, 1.54) is 0 Å². The second-order valence-electron chi connectivity index (χ2n) is 4.27. The van der Waals surface area contributed by atoms with Gasteiger partial charge < -0.3 is 21.1 Å². The molecular weight excluding hydrogens is 230 g/mol. The Morgan fingerprint density at radius 3 is 3.00 bits per heavy atom. The molecule has 2 aromatic rings. The van der Waals surface area contributed by atoms with Crippen LogP contribution in [0.5, 0.6) is 0 Å². The average molecular weight is 247 g/mol. The predicted octanol–water partition coefficient (Wildman–Crippen LogP) is 1.25. The molecule has 2 rings (SSSR count). The number of rotatable bonds is 4. The first-order valence-electron chi connectivity index (χ1n) is 5.94. The van der Waals surface area contributed by atoms with Crippen LogP contribution in [0.3, 0.4) is 0 Å². The fourth-order valence-electron chi connectivity index (χ4n) is 1.87. The van der Waals surface area contributed by atoms with Crippen molar-refractivity contribution < 1.29 is 9.90 Å². The second-order valence-corrected chi connectivity index (χ2v) is 4.27. The molecule has 18 heavy (non-hydrogen) atoms. The van der Waals surface area contributed by atoms with Gasteiger partial charge in [-0.15, -0.1) is 0 Å². The number of aromatic nitrogens is 1. The molecule has 1 atom stereocenters. The predicted molar refractivity (Wildman–Crippen MR) is 71.3 cm³/mol. The minimum Gasteiger partial charge on any atom is -0.399 e. The Labute approximate surface area is 105 Å². The fraction of sp³-hybridized carbons (Fsp3) is 0.308. The lowest BCUT2D eigenvalue weighted by atomic mass is 10.1. The van der Waals surface area contributed by atoms with Crippen LogP contribution >= 0.6 is 0 Å². The minimum absolute atomic E-state index is 0.0580. The fourth-order valence-corrected chi connectivity index (χ4v) is 1.87. The summed E-state index contributed by atoms with van der Waals surface area (Å²) in [5, 5.41) is 12.7. The number of aromatic amines is 1. The molecule has 1 heterocycles. The Bertz CT molecular complexity index is 558. The van der Waals surface area contributed by atoms with Crippen molar-refractivity contribution in [2.75, 3.05) is 12.3 Å². The summed E-state index contributed by atoms with van der Waals surface area (Å²) >= 11 is 0. The maximum Gasteiger partial charge on any atom is 0.253 e. The summed E-state index contributed by atoms with van der Waals surface area (Å²) in [6.45, 7) is 1.86. The van der Waals surface area contributed by atoms with Gasteiger partial charge in [0.1, 0.15) is 0 Å². The molecule has 0 aliphatic rings. The zero-order valence-electron chi connectivity index (χ0n) is 10.2. The first-order valence-corrected chi connectivity index (χ1v) is 5.94. The molecule has 5 N–H and O–H groups in total. The lowest BCUT2D eigenvalue weighted by molar-refractivity contribution is 0.0916. The van der Waals surface area contributed by atoms with Crippen molar-refractivity contribution in [3.8, 4) is 0 Å². The molecule has 96 valence electrons. The highest BCUT2D eigenvalue weighted by Gasteiger charge is 2.15. The average Bonchev–Trinajstić information content (AvgIpc) is 2.78. The van der Waals surface area contributed by atoms with E-state index in [2.05, 4.69) is 10.3 Å². The van der Waals surface area contributed by atoms with E-state index in [9.17, 15) is 4.79 Å². The molecule has 1 aromatic heterocycles. The first kappa shape index (κ1) is 12.4. The molecule has 1 aromatic carbocycles. The summed E-state index contributed by atoms with van der Waals surface area (Å²) in [5.74, 6) is -0.188. The van der Waals surface area contributed by atoms with Gasteiger partial charge in [-0.1, -0.05) is 6.92 Å². The van der Waals surface area contributed by atoms with Crippen molar-refractivity contribution in [1.82, 2.24) is 10.3 Å². The second kappa shape index (κ2) is 5.10. The van der Waals surface area contributed by atoms with Crippen LogP contribution in [-0.4, -0.2) is 28.6 Å². The van der Waals surface area contributed by atoms with Crippen LogP contribution in [0.1, 0.15) is 23.7 Å². The molecule has 0 saturated heterocycles. The van der Waals surface area contributed by atoms with E-state index in [0.717, 1.165) is 10.9 Å². The number of benzene rings is 1. The molecule has 0 aliphatic carbocycles. The van der Waals surface area contributed by atoms with Crippen molar-refractivity contribution in [2.24, 2.45) is 0 Å². The highest BCUT2D eigenvalue weighted by atomic mass is 16.3. The number of nitrogens with one attached hydrogen (secondary N) is 2. The highest BCUT2D eigenvalue weighted by Crippen LogP contribution is 2.20. The molecule has 0 radical (unpaired) electrons. The Morgan fingerprint density at radius 1 is 1.56 bits per heavy atom. The van der Waals surface area contributed by atoms with Gasteiger partial charge in [-0.25, -0.2) is 0 Å². The summed E-state index contributed by atoms with van der Waals surface area (Å²) in [6.07, 6.45) is 2.35. The van der Waals surface area contributed by atoms with Gasteiger partial charge >= 0.3 is 0 Å². The summed E-state index contributed by atoms with van der Waals surface area (Å²) < 4.78 is 0. The van der Waals surface area contributed by atoms with Crippen molar-refractivity contribution in [3.63, 3.8) is 0 Å². The summed E-state index contributed by atoms with van der Waals surface area (Å²) in [5.41, 5.74) is 7.73. The van der Waals surface area contributed by atoms with E-state index >= 15 is 0 Å². The highest BCUT2D eigenvalue weighted by molar-refractivity contribution is 6.07. The summed E-state index contributed by atoms with van der Waals surface area (Å²) in [4.78, 5) is 15.1. The molecule has 5 heteroatoms. The van der Waals surface area contributed by atoms with E-state index in [1.54, 1.807) is 18.3 Å². The van der Waals surface area contributed by atoms with Gasteiger partial charge in [-0.05, 0) is 24.6 Å². The lowest BCUT2D eigenvalue weighted by Gasteiger charge is -2.13. The summed E-state index contributed by atoms with van der Waals surface area (Å²) in [7, 11) is 0. The van der Waals surface area contributed by atoms with E-state index in [1.807, 2.05) is 13.0 Å². The maximum atomic E-state index is 12.1. The van der Waals surface area contributed by atoms with Crippen molar-refractivity contribution in [1.29, 1.82) is 0 Å². The normalized spacial score (nSPS) is 12.6. The van der Waals surface area contributed by atoms with Crippen molar-refractivity contribution >= 4 is 22.5 Å². The monoisotopic (exact) mass is 247 g/mol. The first-order chi connectivity index (χ1) is 8.65. The Hall–Kier alpha value is -2.01. The lowest BCUT2D eigenvalue weighted by Crippen LogP contribution is -2.36. The number of H-pyrrole nitrogens is 1. The van der Waals surface area contributed by atoms with Crippen molar-refractivity contribution in [3.05, 3.63) is 30.0 Å². The number of anilines is 1. The van der Waals surface area contributed by atoms with Gasteiger partial charge in [-0.3, -0.25) is 4.79 Å². The SMILES string of the molecule is CC[C@H](CO)NC(=O)c1c[nH]c2cc(N)ccc12. The topological polar surface area (TPSA) is 91.1 Å². The third-order valence-electron chi connectivity index (χ3n) is 3.00. The summed E-state index contributed by atoms with van der Waals surface area (Å²) in [6, 6.07) is 5.15. The number of nitrogen functional groups attached to an aromatic ring is 1. The number of carbonyl (C=O) groups excluding carboxylic acids is 1. The molecule has 5 nitrogen and oxygen atoms in total. The molecule has 0 aliphatic heterocycles. The number of hydrogen-bond acceptors (Lipinski definition) is 3. The maximum absolute atomic E-state index is 12.1. The standard InChI is InChI=1S/C13H17N3O2/c1-2-9(7-17)16-13(18)11-6-15-12-5-8(14)3-4-10(11)12/h3-6,9,15,17H,2,7,14H2,1H3,(H,16,18)/t9-/m1/s1. The molecular formula is C13H17N3O2. The van der Waals surface area contributed by atoms with Crippen LogP contribution in [0.15, 0.2) is 24.4 Å². The third-order valence-corrected chi connectivity index (χ3v) is 3.00. The van der Waals surface area contributed by atoms with Crippen LogP contribution in [0.4, 0.5) is 5.69 Å². The number of hydrogen-bond donors (Lipinski definition) is 4. The molecule has 0 unspecified atom stereocenters. The van der Waals surface area contributed by atoms with E-state index in [0.29, 0.717) is 17.7 Å². The number of nitrogens with two attached hydrogens (primary N) is 1. The molecule has 0 fully saturated rings. The van der Waals surface area contributed by atoms with Gasteiger partial charge in [0.2, 0.25) is 0 Å².